The van der Waals surface area contributed by atoms with Crippen LogP contribution in [-0.4, -0.2) is 25.7 Å². The molecule has 2 aromatic rings. The Morgan fingerprint density at radius 1 is 1.45 bits per heavy atom. The van der Waals surface area contributed by atoms with E-state index in [1.54, 1.807) is 13.8 Å². The highest BCUT2D eigenvalue weighted by Crippen LogP contribution is 2.26. The predicted octanol–water partition coefficient (Wildman–Crippen LogP) is 1.71. The first-order valence-corrected chi connectivity index (χ1v) is 8.08. The van der Waals surface area contributed by atoms with Gasteiger partial charge in [0.15, 0.2) is 5.82 Å². The lowest BCUT2D eigenvalue weighted by Crippen LogP contribution is -2.28. The molecule has 1 aromatic carbocycles. The van der Waals surface area contributed by atoms with Crippen LogP contribution in [0.25, 0.3) is 0 Å². The summed E-state index contributed by atoms with van der Waals surface area (Å²) in [6.45, 7) is 3.16. The Balaban J connectivity index is 2.17. The molecule has 7 nitrogen and oxygen atoms in total. The fourth-order valence-electron chi connectivity index (χ4n) is 1.99. The number of aryl methyl sites for hydroxylation is 1. The lowest BCUT2D eigenvalue weighted by atomic mass is 10.1. The molecule has 9 heteroatoms. The van der Waals surface area contributed by atoms with Gasteiger partial charge in [-0.1, -0.05) is 5.16 Å². The summed E-state index contributed by atoms with van der Waals surface area (Å²) in [6.07, 6.45) is 0. The summed E-state index contributed by atoms with van der Waals surface area (Å²) in [6, 6.07) is 3.23. The van der Waals surface area contributed by atoms with Crippen molar-refractivity contribution in [3.63, 3.8) is 0 Å². The maximum Gasteiger partial charge on any atom is 0.223 e. The molecule has 120 valence electrons. The van der Waals surface area contributed by atoms with Crippen molar-refractivity contribution in [1.29, 1.82) is 0 Å². The first kappa shape index (κ1) is 16.4. The average molecular weight is 329 g/mol. The van der Waals surface area contributed by atoms with Crippen molar-refractivity contribution in [3.05, 3.63) is 41.3 Å². The number of halogens is 1. The number of sulfonamides is 1. The average Bonchev–Trinajstić information content (AvgIpc) is 2.82. The summed E-state index contributed by atoms with van der Waals surface area (Å²) < 4.78 is 49.9. The topological polar surface area (TPSA) is 94.3 Å². The molecule has 0 spiro atoms. The molecule has 0 aliphatic rings. The van der Waals surface area contributed by atoms with Gasteiger partial charge in [-0.05, 0) is 25.1 Å². The molecule has 1 heterocycles. The van der Waals surface area contributed by atoms with Gasteiger partial charge in [-0.15, -0.1) is 0 Å². The molecule has 1 aromatic heterocycles. The van der Waals surface area contributed by atoms with Gasteiger partial charge in [0.25, 0.3) is 0 Å². The van der Waals surface area contributed by atoms with Crippen LogP contribution in [0, 0.1) is 12.7 Å². The summed E-state index contributed by atoms with van der Waals surface area (Å²) in [4.78, 5) is 3.84. The Morgan fingerprint density at radius 2 is 2.18 bits per heavy atom. The molecular formula is C13H16FN3O4S. The van der Waals surface area contributed by atoms with Crippen molar-refractivity contribution in [1.82, 2.24) is 14.9 Å². The highest BCUT2D eigenvalue weighted by molar-refractivity contribution is 7.88. The SMILES string of the molecule is COc1ccc(F)cc1C(C)NS(=O)(=O)Cc1noc(C)n1. The smallest absolute Gasteiger partial charge is 0.223 e. The Morgan fingerprint density at radius 3 is 2.77 bits per heavy atom. The lowest BCUT2D eigenvalue weighted by molar-refractivity contribution is 0.388. The molecule has 22 heavy (non-hydrogen) atoms. The van der Waals surface area contributed by atoms with E-state index in [-0.39, 0.29) is 11.7 Å². The zero-order chi connectivity index (χ0) is 16.3. The van der Waals surface area contributed by atoms with Gasteiger partial charge in [0, 0.05) is 18.5 Å². The van der Waals surface area contributed by atoms with Crippen LogP contribution < -0.4 is 9.46 Å². The van der Waals surface area contributed by atoms with Crippen molar-refractivity contribution < 1.29 is 22.1 Å². The van der Waals surface area contributed by atoms with Crippen LogP contribution in [0.4, 0.5) is 4.39 Å². The molecule has 0 aliphatic heterocycles. The largest absolute Gasteiger partial charge is 0.496 e. The summed E-state index contributed by atoms with van der Waals surface area (Å²) >= 11 is 0. The number of nitrogens with one attached hydrogen (secondary N) is 1. The predicted molar refractivity (Wildman–Crippen MR) is 76.2 cm³/mol. The van der Waals surface area contributed by atoms with Crippen molar-refractivity contribution in [2.24, 2.45) is 0 Å². The van der Waals surface area contributed by atoms with Crippen molar-refractivity contribution in [3.8, 4) is 5.75 Å². The summed E-state index contributed by atoms with van der Waals surface area (Å²) in [5.41, 5.74) is 0.398. The normalized spacial score (nSPS) is 13.1. The fourth-order valence-corrected chi connectivity index (χ4v) is 3.19. The van der Waals surface area contributed by atoms with Gasteiger partial charge in [-0.3, -0.25) is 0 Å². The van der Waals surface area contributed by atoms with Crippen molar-refractivity contribution in [2.75, 3.05) is 7.11 Å². The van der Waals surface area contributed by atoms with E-state index in [9.17, 15) is 12.8 Å². The Bertz CT molecular complexity index is 760. The molecule has 0 aliphatic carbocycles. The zero-order valence-electron chi connectivity index (χ0n) is 12.3. The molecule has 1 N–H and O–H groups in total. The maximum absolute atomic E-state index is 13.4. The second kappa shape index (κ2) is 6.41. The molecule has 0 saturated heterocycles. The molecule has 0 saturated carbocycles. The quantitative estimate of drug-likeness (QED) is 0.867. The van der Waals surface area contributed by atoms with E-state index in [0.717, 1.165) is 0 Å². The van der Waals surface area contributed by atoms with Gasteiger partial charge in [-0.25, -0.2) is 17.5 Å². The first-order chi connectivity index (χ1) is 10.3. The van der Waals surface area contributed by atoms with E-state index in [1.807, 2.05) is 0 Å². The van der Waals surface area contributed by atoms with E-state index in [2.05, 4.69) is 14.9 Å². The highest BCUT2D eigenvalue weighted by Gasteiger charge is 2.21. The van der Waals surface area contributed by atoms with Crippen LogP contribution >= 0.6 is 0 Å². The van der Waals surface area contributed by atoms with E-state index >= 15 is 0 Å². The summed E-state index contributed by atoms with van der Waals surface area (Å²) in [7, 11) is -2.29. The van der Waals surface area contributed by atoms with Crippen molar-refractivity contribution >= 4 is 10.0 Å². The van der Waals surface area contributed by atoms with Gasteiger partial charge in [0.1, 0.15) is 17.3 Å². The monoisotopic (exact) mass is 329 g/mol. The third-order valence-corrected chi connectivity index (χ3v) is 4.25. The Labute approximate surface area is 127 Å². The molecular weight excluding hydrogens is 313 g/mol. The number of rotatable bonds is 6. The number of hydrogen-bond acceptors (Lipinski definition) is 6. The van der Waals surface area contributed by atoms with E-state index in [1.165, 1.54) is 25.3 Å². The number of hydrogen-bond donors (Lipinski definition) is 1. The minimum atomic E-state index is -3.72. The fraction of sp³-hybridized carbons (Fsp3) is 0.385. The maximum atomic E-state index is 13.4. The van der Waals surface area contributed by atoms with E-state index in [4.69, 9.17) is 9.26 Å². The first-order valence-electron chi connectivity index (χ1n) is 6.43. The Hall–Kier alpha value is -2.00. The van der Waals surface area contributed by atoms with Gasteiger partial charge in [-0.2, -0.15) is 4.98 Å². The number of methoxy groups -OCH3 is 1. The zero-order valence-corrected chi connectivity index (χ0v) is 13.1. The molecule has 0 amide bonds. The molecule has 2 rings (SSSR count). The minimum absolute atomic E-state index is 0.0587. The van der Waals surface area contributed by atoms with Gasteiger partial charge in [0.2, 0.25) is 15.9 Å². The van der Waals surface area contributed by atoms with Crippen LogP contribution in [0.1, 0.15) is 30.2 Å². The third kappa shape index (κ3) is 4.01. The standard InChI is InChI=1S/C13H16FN3O4S/c1-8(11-6-10(14)4-5-12(11)20-3)17-22(18,19)7-13-15-9(2)21-16-13/h4-6,8,17H,7H2,1-3H3. The van der Waals surface area contributed by atoms with E-state index < -0.39 is 27.6 Å². The second-order valence-corrected chi connectivity index (χ2v) is 6.47. The van der Waals surface area contributed by atoms with Crippen LogP contribution in [0.5, 0.6) is 5.75 Å². The third-order valence-electron chi connectivity index (χ3n) is 2.90. The lowest BCUT2D eigenvalue weighted by Gasteiger charge is -2.17. The number of nitrogens with zero attached hydrogens (tertiary/aromatic N) is 2. The summed E-state index contributed by atoms with van der Waals surface area (Å²) in [5.74, 6) is -0.164. The minimum Gasteiger partial charge on any atom is -0.496 e. The number of ether oxygens (including phenoxy) is 1. The molecule has 0 radical (unpaired) electrons. The van der Waals surface area contributed by atoms with Crippen LogP contribution in [0.3, 0.4) is 0 Å². The van der Waals surface area contributed by atoms with Crippen LogP contribution in [0.15, 0.2) is 22.7 Å². The van der Waals surface area contributed by atoms with Crippen LogP contribution in [-0.2, 0) is 15.8 Å². The molecule has 0 bridgehead atoms. The summed E-state index contributed by atoms with van der Waals surface area (Å²) in [5, 5.41) is 3.54. The Kier molecular flexibility index (Phi) is 4.77. The molecule has 0 fully saturated rings. The molecule has 1 unspecified atom stereocenters. The number of benzene rings is 1. The number of aromatic nitrogens is 2. The van der Waals surface area contributed by atoms with E-state index in [0.29, 0.717) is 11.3 Å². The van der Waals surface area contributed by atoms with Gasteiger partial charge in [0.05, 0.1) is 7.11 Å². The van der Waals surface area contributed by atoms with Gasteiger partial charge < -0.3 is 9.26 Å². The van der Waals surface area contributed by atoms with Crippen LogP contribution in [0.2, 0.25) is 0 Å². The van der Waals surface area contributed by atoms with Crippen molar-refractivity contribution in [2.45, 2.75) is 25.6 Å². The highest BCUT2D eigenvalue weighted by atomic mass is 32.2. The van der Waals surface area contributed by atoms with Gasteiger partial charge >= 0.3 is 0 Å². The second-order valence-electron chi connectivity index (χ2n) is 4.71. The molecule has 1 atom stereocenters.